The average Bonchev–Trinajstić information content (AvgIpc) is 3.06. The van der Waals surface area contributed by atoms with E-state index in [9.17, 15) is 9.59 Å². The molecule has 0 N–H and O–H groups in total. The van der Waals surface area contributed by atoms with E-state index in [1.807, 2.05) is 24.8 Å². The van der Waals surface area contributed by atoms with Gasteiger partial charge in [-0.2, -0.15) is 5.10 Å². The zero-order valence-corrected chi connectivity index (χ0v) is 16.5. The van der Waals surface area contributed by atoms with E-state index in [0.717, 1.165) is 43.5 Å². The number of amides is 1. The lowest BCUT2D eigenvalue weighted by molar-refractivity contribution is -0.137. The number of rotatable bonds is 3. The van der Waals surface area contributed by atoms with Crippen LogP contribution in [-0.4, -0.2) is 43.5 Å². The van der Waals surface area contributed by atoms with Crippen molar-refractivity contribution in [3.63, 3.8) is 0 Å². The molecule has 0 saturated carbocycles. The Morgan fingerprint density at radius 3 is 2.50 bits per heavy atom. The van der Waals surface area contributed by atoms with Gasteiger partial charge in [-0.3, -0.25) is 9.59 Å². The number of carbonyl (C=O) groups is 1. The van der Waals surface area contributed by atoms with Gasteiger partial charge in [0.1, 0.15) is 0 Å². The molecule has 0 radical (unpaired) electrons. The molecule has 2 aromatic heterocycles. The smallest absolute Gasteiger partial charge is 0.267 e. The molecule has 0 spiro atoms. The monoisotopic (exact) mass is 381 g/mol. The van der Waals surface area contributed by atoms with Gasteiger partial charge in [0.2, 0.25) is 5.91 Å². The lowest BCUT2D eigenvalue weighted by Crippen LogP contribution is -2.44. The fourth-order valence-electron chi connectivity index (χ4n) is 4.26. The molecule has 4 rings (SSSR count). The molecule has 1 atom stereocenters. The van der Waals surface area contributed by atoms with Crippen molar-refractivity contribution >= 4 is 5.91 Å². The highest BCUT2D eigenvalue weighted by Crippen LogP contribution is 2.26. The Bertz CT molecular complexity index is 950. The Morgan fingerprint density at radius 2 is 1.86 bits per heavy atom. The first-order chi connectivity index (χ1) is 13.5. The van der Waals surface area contributed by atoms with Crippen LogP contribution in [0.4, 0.5) is 0 Å². The van der Waals surface area contributed by atoms with Crippen molar-refractivity contribution in [2.75, 3.05) is 13.1 Å². The number of allylic oxidation sites excluding steroid dienone is 2. The van der Waals surface area contributed by atoms with Crippen LogP contribution in [0.15, 0.2) is 35.1 Å². The van der Waals surface area contributed by atoms with Crippen molar-refractivity contribution in [1.82, 2.24) is 24.5 Å². The second-order valence-electron chi connectivity index (χ2n) is 7.85. The number of likely N-dealkylation sites (tertiary alicyclic amines) is 1. The number of piperidine rings is 1. The lowest BCUT2D eigenvalue weighted by Gasteiger charge is -2.34. The van der Waals surface area contributed by atoms with Gasteiger partial charge in [0.15, 0.2) is 5.82 Å². The molecule has 7 heteroatoms. The maximum absolute atomic E-state index is 12.7. The molecule has 3 heterocycles. The molecule has 0 bridgehead atoms. The van der Waals surface area contributed by atoms with Gasteiger partial charge in [-0.1, -0.05) is 12.2 Å². The van der Waals surface area contributed by atoms with Crippen LogP contribution in [-0.2, 0) is 4.79 Å². The SMILES string of the molecule is Cc1cc(C)n(-c2ccc(=O)n(C3CCN(C(=O)C4CC=CCC4)CC3)n2)n1. The van der Waals surface area contributed by atoms with Crippen molar-refractivity contribution in [3.8, 4) is 5.82 Å². The number of hydrogen-bond donors (Lipinski definition) is 0. The Labute approximate surface area is 164 Å². The predicted molar refractivity (Wildman–Crippen MR) is 106 cm³/mol. The summed E-state index contributed by atoms with van der Waals surface area (Å²) in [6, 6.07) is 5.28. The van der Waals surface area contributed by atoms with Gasteiger partial charge in [-0.25, -0.2) is 9.36 Å². The summed E-state index contributed by atoms with van der Waals surface area (Å²) >= 11 is 0. The van der Waals surface area contributed by atoms with Crippen molar-refractivity contribution in [2.24, 2.45) is 5.92 Å². The summed E-state index contributed by atoms with van der Waals surface area (Å²) in [5.74, 6) is 1.04. The topological polar surface area (TPSA) is 73.0 Å². The van der Waals surface area contributed by atoms with Gasteiger partial charge in [0.05, 0.1) is 11.7 Å². The number of hydrogen-bond acceptors (Lipinski definition) is 4. The molecule has 1 aliphatic carbocycles. The Hall–Kier alpha value is -2.70. The molecule has 1 aliphatic heterocycles. The van der Waals surface area contributed by atoms with Crippen molar-refractivity contribution in [1.29, 1.82) is 0 Å². The van der Waals surface area contributed by atoms with Crippen LogP contribution in [0.1, 0.15) is 49.5 Å². The van der Waals surface area contributed by atoms with Crippen molar-refractivity contribution in [3.05, 3.63) is 52.1 Å². The quantitative estimate of drug-likeness (QED) is 0.766. The summed E-state index contributed by atoms with van der Waals surface area (Å²) in [5, 5.41) is 9.06. The van der Waals surface area contributed by atoms with Crippen LogP contribution in [0.25, 0.3) is 5.82 Å². The Balaban J connectivity index is 1.48. The molecule has 1 saturated heterocycles. The van der Waals surface area contributed by atoms with E-state index >= 15 is 0 Å². The van der Waals surface area contributed by atoms with E-state index in [2.05, 4.69) is 22.3 Å². The van der Waals surface area contributed by atoms with Crippen LogP contribution in [0.5, 0.6) is 0 Å². The lowest BCUT2D eigenvalue weighted by atomic mass is 9.92. The fourth-order valence-corrected chi connectivity index (χ4v) is 4.26. The van der Waals surface area contributed by atoms with Crippen LogP contribution >= 0.6 is 0 Å². The maximum atomic E-state index is 12.7. The molecular weight excluding hydrogens is 354 g/mol. The van der Waals surface area contributed by atoms with Gasteiger partial charge in [0, 0.05) is 30.8 Å². The number of carbonyl (C=O) groups excluding carboxylic acids is 1. The third-order valence-electron chi connectivity index (χ3n) is 5.78. The number of aromatic nitrogens is 4. The standard InChI is InChI=1S/C21H27N5O2/c1-15-14-16(2)25(22-15)19-8-9-20(27)26(23-19)18-10-12-24(13-11-18)21(28)17-6-4-3-5-7-17/h3-4,8-9,14,17-18H,5-7,10-13H2,1-2H3. The van der Waals surface area contributed by atoms with Crippen LogP contribution in [0.3, 0.4) is 0 Å². The second-order valence-corrected chi connectivity index (χ2v) is 7.85. The molecule has 0 aromatic carbocycles. The first kappa shape index (κ1) is 18.7. The molecule has 1 unspecified atom stereocenters. The van der Waals surface area contributed by atoms with Gasteiger partial charge in [-0.05, 0) is 58.1 Å². The largest absolute Gasteiger partial charge is 0.342 e. The van der Waals surface area contributed by atoms with E-state index in [0.29, 0.717) is 18.9 Å². The summed E-state index contributed by atoms with van der Waals surface area (Å²) in [5.41, 5.74) is 1.80. The first-order valence-electron chi connectivity index (χ1n) is 10.1. The number of nitrogens with zero attached hydrogens (tertiary/aromatic N) is 5. The third-order valence-corrected chi connectivity index (χ3v) is 5.78. The summed E-state index contributed by atoms with van der Waals surface area (Å²) in [6.45, 7) is 5.28. The minimum Gasteiger partial charge on any atom is -0.342 e. The van der Waals surface area contributed by atoms with E-state index in [1.54, 1.807) is 21.5 Å². The van der Waals surface area contributed by atoms with Gasteiger partial charge >= 0.3 is 0 Å². The highest BCUT2D eigenvalue weighted by molar-refractivity contribution is 5.79. The van der Waals surface area contributed by atoms with E-state index < -0.39 is 0 Å². The van der Waals surface area contributed by atoms with Crippen molar-refractivity contribution < 1.29 is 4.79 Å². The van der Waals surface area contributed by atoms with E-state index in [1.165, 1.54) is 0 Å². The average molecular weight is 381 g/mol. The third kappa shape index (κ3) is 3.66. The Kier molecular flexibility index (Phi) is 5.15. The van der Waals surface area contributed by atoms with Gasteiger partial charge < -0.3 is 4.90 Å². The zero-order valence-electron chi connectivity index (χ0n) is 16.5. The van der Waals surface area contributed by atoms with Crippen molar-refractivity contribution in [2.45, 2.75) is 52.0 Å². The highest BCUT2D eigenvalue weighted by Gasteiger charge is 2.29. The summed E-state index contributed by atoms with van der Waals surface area (Å²) in [7, 11) is 0. The summed E-state index contributed by atoms with van der Waals surface area (Å²) in [4.78, 5) is 27.1. The van der Waals surface area contributed by atoms with Crippen LogP contribution in [0.2, 0.25) is 0 Å². The van der Waals surface area contributed by atoms with E-state index in [-0.39, 0.29) is 23.4 Å². The zero-order chi connectivity index (χ0) is 19.7. The second kappa shape index (κ2) is 7.73. The molecule has 28 heavy (non-hydrogen) atoms. The number of aryl methyl sites for hydroxylation is 2. The van der Waals surface area contributed by atoms with Crippen LogP contribution in [0, 0.1) is 19.8 Å². The summed E-state index contributed by atoms with van der Waals surface area (Å²) in [6.07, 6.45) is 8.57. The minimum atomic E-state index is -0.104. The molecule has 7 nitrogen and oxygen atoms in total. The molecule has 2 aliphatic rings. The molecule has 1 fully saturated rings. The summed E-state index contributed by atoms with van der Waals surface area (Å²) < 4.78 is 3.34. The van der Waals surface area contributed by atoms with Gasteiger partial charge in [-0.15, -0.1) is 5.10 Å². The maximum Gasteiger partial charge on any atom is 0.267 e. The molecule has 2 aromatic rings. The van der Waals surface area contributed by atoms with Gasteiger partial charge in [0.25, 0.3) is 5.56 Å². The van der Waals surface area contributed by atoms with E-state index in [4.69, 9.17) is 0 Å². The Morgan fingerprint density at radius 1 is 1.07 bits per heavy atom. The minimum absolute atomic E-state index is 0.0136. The fraction of sp³-hybridized carbons (Fsp3) is 0.524. The van der Waals surface area contributed by atoms with Crippen LogP contribution < -0.4 is 5.56 Å². The normalized spacial score (nSPS) is 20.5. The first-order valence-corrected chi connectivity index (χ1v) is 10.1. The molecule has 1 amide bonds. The highest BCUT2D eigenvalue weighted by atomic mass is 16.2. The molecular formula is C21H27N5O2. The molecule has 148 valence electrons. The predicted octanol–water partition coefficient (Wildman–Crippen LogP) is 2.57.